The van der Waals surface area contributed by atoms with Crippen LogP contribution in [-0.4, -0.2) is 51.4 Å². The van der Waals surface area contributed by atoms with Gasteiger partial charge in [0.1, 0.15) is 0 Å². The van der Waals surface area contributed by atoms with Crippen LogP contribution in [0.4, 0.5) is 0 Å². The number of hydrogen-bond acceptors (Lipinski definition) is 2. The number of halogens is 1. The van der Waals surface area contributed by atoms with Gasteiger partial charge in [0.25, 0.3) is 0 Å². The molecule has 0 heterocycles. The summed E-state index contributed by atoms with van der Waals surface area (Å²) in [5.74, 6) is -0.127. The maximum atomic E-state index is 10.8. The average Bonchev–Trinajstić information content (AvgIpc) is 2.03. The monoisotopic (exact) mass is 222 g/mol. The number of methoxy groups -OCH3 is 1. The van der Waals surface area contributed by atoms with Gasteiger partial charge in [-0.25, -0.2) is 0 Å². The molecule has 0 unspecified atom stereocenters. The normalized spacial score (nSPS) is 10.2. The molecule has 0 spiro atoms. The first-order valence-corrected chi connectivity index (χ1v) is 4.23. The van der Waals surface area contributed by atoms with Crippen LogP contribution >= 0.6 is 0 Å². The summed E-state index contributed by atoms with van der Waals surface area (Å²) in [7, 11) is 5.76. The topological polar surface area (TPSA) is 38.3 Å². The van der Waals surface area contributed by atoms with Crippen molar-refractivity contribution in [1.82, 2.24) is 5.32 Å². The van der Waals surface area contributed by atoms with Gasteiger partial charge in [-0.05, 0) is 6.08 Å². The van der Waals surface area contributed by atoms with Gasteiger partial charge < -0.3 is 26.9 Å². The number of nitrogens with zero attached hydrogens (tertiary/aromatic N) is 1. The van der Waals surface area contributed by atoms with Crippen LogP contribution in [0.2, 0.25) is 0 Å². The van der Waals surface area contributed by atoms with Crippen LogP contribution in [0.15, 0.2) is 12.7 Å². The predicted molar refractivity (Wildman–Crippen MR) is 52.1 cm³/mol. The van der Waals surface area contributed by atoms with E-state index in [0.717, 1.165) is 11.0 Å². The summed E-state index contributed by atoms with van der Waals surface area (Å²) < 4.78 is 5.76. The number of amides is 1. The Balaban J connectivity index is 0. The zero-order valence-electron chi connectivity index (χ0n) is 9.05. The highest BCUT2D eigenvalue weighted by atomic mass is 35.5. The number of carbonyl (C=O) groups is 1. The Kier molecular flexibility index (Phi) is 8.83. The van der Waals surface area contributed by atoms with E-state index in [1.807, 2.05) is 14.1 Å². The van der Waals surface area contributed by atoms with E-state index in [4.69, 9.17) is 4.74 Å². The number of hydrogen-bond donors (Lipinski definition) is 1. The van der Waals surface area contributed by atoms with Gasteiger partial charge in [-0.2, -0.15) is 0 Å². The molecule has 0 fully saturated rings. The number of carbonyl (C=O) groups excluding carboxylic acids is 1. The molecule has 1 amide bonds. The highest BCUT2D eigenvalue weighted by Crippen LogP contribution is 1.94. The molecule has 0 radical (unpaired) electrons. The second kappa shape index (κ2) is 7.79. The van der Waals surface area contributed by atoms with E-state index < -0.39 is 0 Å². The third-order valence-corrected chi connectivity index (χ3v) is 1.68. The van der Waals surface area contributed by atoms with Crippen LogP contribution in [-0.2, 0) is 9.53 Å². The van der Waals surface area contributed by atoms with Crippen LogP contribution in [0.3, 0.4) is 0 Å². The predicted octanol–water partition coefficient (Wildman–Crippen LogP) is -3.03. The lowest BCUT2D eigenvalue weighted by Crippen LogP contribution is -3.00. The zero-order valence-corrected chi connectivity index (χ0v) is 9.80. The fraction of sp³-hybridized carbons (Fsp3) is 0.667. The van der Waals surface area contributed by atoms with Gasteiger partial charge in [-0.3, -0.25) is 4.79 Å². The van der Waals surface area contributed by atoms with Crippen molar-refractivity contribution in [2.24, 2.45) is 0 Å². The van der Waals surface area contributed by atoms with Gasteiger partial charge in [-0.1, -0.05) is 6.58 Å². The lowest BCUT2D eigenvalue weighted by molar-refractivity contribution is -0.907. The molecule has 0 saturated heterocycles. The fourth-order valence-corrected chi connectivity index (χ4v) is 0.968. The molecule has 14 heavy (non-hydrogen) atoms. The summed E-state index contributed by atoms with van der Waals surface area (Å²) in [6.07, 6.45) is 1.27. The molecule has 0 rings (SSSR count). The summed E-state index contributed by atoms with van der Waals surface area (Å²) in [5, 5.41) is 2.72. The molecule has 0 aromatic carbocycles. The highest BCUT2D eigenvalue weighted by Gasteiger charge is 2.13. The van der Waals surface area contributed by atoms with Crippen molar-refractivity contribution < 1.29 is 26.4 Å². The molecule has 0 aliphatic heterocycles. The number of ether oxygens (including phenoxy) is 1. The van der Waals surface area contributed by atoms with Gasteiger partial charge in [0.05, 0.1) is 27.2 Å². The number of rotatable bonds is 6. The first-order valence-electron chi connectivity index (χ1n) is 4.23. The first-order chi connectivity index (χ1) is 6.02. The van der Waals surface area contributed by atoms with Crippen LogP contribution < -0.4 is 17.7 Å². The molecular formula is C9H19ClN2O2. The quantitative estimate of drug-likeness (QED) is 0.295. The lowest BCUT2D eigenvalue weighted by Gasteiger charge is -2.28. The Hall–Kier alpha value is -0.580. The number of nitrogens with one attached hydrogen (secondary N) is 1. The van der Waals surface area contributed by atoms with Crippen molar-refractivity contribution in [2.45, 2.75) is 0 Å². The van der Waals surface area contributed by atoms with Crippen molar-refractivity contribution in [3.63, 3.8) is 0 Å². The standard InChI is InChI=1S/C9H18N2O2.ClH/c1-5-9(12)10-6-7-11(2,3)8-13-4;/h5H,1,6-8H2,2-4H3;1H. The minimum Gasteiger partial charge on any atom is -1.00 e. The van der Waals surface area contributed by atoms with Gasteiger partial charge in [-0.15, -0.1) is 0 Å². The minimum atomic E-state index is -0.127. The molecule has 0 aromatic rings. The molecular weight excluding hydrogens is 204 g/mol. The van der Waals surface area contributed by atoms with E-state index in [-0.39, 0.29) is 18.3 Å². The van der Waals surface area contributed by atoms with Crippen molar-refractivity contribution in [1.29, 1.82) is 0 Å². The molecule has 0 saturated carbocycles. The average molecular weight is 223 g/mol. The minimum absolute atomic E-state index is 0. The van der Waals surface area contributed by atoms with E-state index in [2.05, 4.69) is 11.9 Å². The van der Waals surface area contributed by atoms with Crippen LogP contribution in [0, 0.1) is 0 Å². The lowest BCUT2D eigenvalue weighted by atomic mass is 10.4. The molecule has 84 valence electrons. The van der Waals surface area contributed by atoms with E-state index in [0.29, 0.717) is 13.3 Å². The van der Waals surface area contributed by atoms with Crippen LogP contribution in [0.25, 0.3) is 0 Å². The SMILES string of the molecule is C=CC(=O)NCC[N+](C)(C)COC.[Cl-]. The van der Waals surface area contributed by atoms with E-state index in [1.165, 1.54) is 6.08 Å². The van der Waals surface area contributed by atoms with Gasteiger partial charge in [0, 0.05) is 7.11 Å². The van der Waals surface area contributed by atoms with E-state index in [9.17, 15) is 4.79 Å². The summed E-state index contributed by atoms with van der Waals surface area (Å²) in [5.41, 5.74) is 0. The summed E-state index contributed by atoms with van der Waals surface area (Å²) in [6.45, 7) is 5.49. The molecule has 0 bridgehead atoms. The molecule has 0 aromatic heterocycles. The molecule has 0 aliphatic carbocycles. The number of likely N-dealkylation sites (N-methyl/N-ethyl adjacent to an activating group) is 1. The molecule has 0 aliphatic rings. The Morgan fingerprint density at radius 2 is 2.14 bits per heavy atom. The van der Waals surface area contributed by atoms with Gasteiger partial charge >= 0.3 is 0 Å². The summed E-state index contributed by atoms with van der Waals surface area (Å²) >= 11 is 0. The maximum Gasteiger partial charge on any atom is 0.243 e. The van der Waals surface area contributed by atoms with Crippen LogP contribution in [0.1, 0.15) is 0 Å². The van der Waals surface area contributed by atoms with Crippen molar-refractivity contribution in [3.8, 4) is 0 Å². The Bertz CT molecular complexity index is 184. The van der Waals surface area contributed by atoms with Gasteiger partial charge in [0.2, 0.25) is 5.91 Å². The molecule has 5 heteroatoms. The second-order valence-electron chi connectivity index (χ2n) is 3.57. The fourth-order valence-electron chi connectivity index (χ4n) is 0.968. The Labute approximate surface area is 91.9 Å². The molecule has 4 nitrogen and oxygen atoms in total. The second-order valence-corrected chi connectivity index (χ2v) is 3.57. The van der Waals surface area contributed by atoms with Crippen LogP contribution in [0.5, 0.6) is 0 Å². The van der Waals surface area contributed by atoms with Crippen molar-refractivity contribution in [2.75, 3.05) is 41.0 Å². The third kappa shape index (κ3) is 8.04. The van der Waals surface area contributed by atoms with Crippen molar-refractivity contribution >= 4 is 5.91 Å². The largest absolute Gasteiger partial charge is 1.00 e. The summed E-state index contributed by atoms with van der Waals surface area (Å²) in [6, 6.07) is 0. The smallest absolute Gasteiger partial charge is 0.243 e. The Morgan fingerprint density at radius 1 is 1.57 bits per heavy atom. The van der Waals surface area contributed by atoms with E-state index in [1.54, 1.807) is 7.11 Å². The van der Waals surface area contributed by atoms with E-state index >= 15 is 0 Å². The van der Waals surface area contributed by atoms with Gasteiger partial charge in [0.15, 0.2) is 6.73 Å². The van der Waals surface area contributed by atoms with Crippen molar-refractivity contribution in [3.05, 3.63) is 12.7 Å². The third-order valence-electron chi connectivity index (χ3n) is 1.68. The zero-order chi connectivity index (χ0) is 10.3. The first kappa shape index (κ1) is 15.9. The highest BCUT2D eigenvalue weighted by molar-refractivity contribution is 5.86. The summed E-state index contributed by atoms with van der Waals surface area (Å²) in [4.78, 5) is 10.8. The number of quaternary nitrogens is 1. The molecule has 0 atom stereocenters. The molecule has 1 N–H and O–H groups in total. The maximum absolute atomic E-state index is 10.8. The Morgan fingerprint density at radius 3 is 2.57 bits per heavy atom.